The van der Waals surface area contributed by atoms with Crippen LogP contribution < -0.4 is 21.3 Å². The van der Waals surface area contributed by atoms with Crippen LogP contribution in [0.15, 0.2) is 47.5 Å². The number of carbonyl (C=O) groups is 1. The Hall–Kier alpha value is -2.28. The second-order valence-electron chi connectivity index (χ2n) is 6.67. The standard InChI is InChI=1S/C20H23Cl2N5O/c1-14-5-7-15(8-6-14)27-19(28)23-10-9-20(25-11-12-26-20)13-24-18-16(21)3-2-4-17(18)22/h2-8,11,24,26H,9-10,12-13H2,1H3,(H2,23,27,28). The van der Waals surface area contributed by atoms with Crippen molar-refractivity contribution in [2.45, 2.75) is 19.0 Å². The van der Waals surface area contributed by atoms with Crippen LogP contribution >= 0.6 is 23.2 Å². The molecule has 0 bridgehead atoms. The first-order valence-electron chi connectivity index (χ1n) is 9.06. The van der Waals surface area contributed by atoms with Crippen molar-refractivity contribution in [2.24, 2.45) is 4.99 Å². The number of carbonyl (C=O) groups excluding carboxylic acids is 1. The number of anilines is 2. The van der Waals surface area contributed by atoms with Gasteiger partial charge in [-0.25, -0.2) is 4.79 Å². The molecule has 4 N–H and O–H groups in total. The van der Waals surface area contributed by atoms with Crippen molar-refractivity contribution in [1.82, 2.24) is 10.6 Å². The summed E-state index contributed by atoms with van der Waals surface area (Å²) < 4.78 is 0. The highest BCUT2D eigenvalue weighted by atomic mass is 35.5. The number of nitrogens with one attached hydrogen (secondary N) is 4. The van der Waals surface area contributed by atoms with Gasteiger partial charge in [0, 0.05) is 31.4 Å². The molecule has 148 valence electrons. The quantitative estimate of drug-likeness (QED) is 0.540. The van der Waals surface area contributed by atoms with Crippen LogP contribution in [0.4, 0.5) is 16.2 Å². The Morgan fingerprint density at radius 1 is 1.18 bits per heavy atom. The maximum Gasteiger partial charge on any atom is 0.319 e. The largest absolute Gasteiger partial charge is 0.379 e. The number of hydrogen-bond donors (Lipinski definition) is 4. The zero-order valence-corrected chi connectivity index (χ0v) is 17.1. The highest BCUT2D eigenvalue weighted by Crippen LogP contribution is 2.30. The average Bonchev–Trinajstić information content (AvgIpc) is 3.12. The van der Waals surface area contributed by atoms with E-state index in [4.69, 9.17) is 23.2 Å². The smallest absolute Gasteiger partial charge is 0.319 e. The van der Waals surface area contributed by atoms with Gasteiger partial charge >= 0.3 is 6.03 Å². The second kappa shape index (κ2) is 9.28. The van der Waals surface area contributed by atoms with E-state index in [1.807, 2.05) is 37.4 Å². The molecule has 8 heteroatoms. The van der Waals surface area contributed by atoms with Gasteiger partial charge in [0.05, 0.1) is 22.3 Å². The third-order valence-corrected chi connectivity index (χ3v) is 5.14. The van der Waals surface area contributed by atoms with Gasteiger partial charge in [-0.15, -0.1) is 0 Å². The number of halogens is 2. The van der Waals surface area contributed by atoms with Gasteiger partial charge in [-0.05, 0) is 31.2 Å². The molecule has 0 aromatic heterocycles. The number of rotatable bonds is 7. The van der Waals surface area contributed by atoms with Crippen LogP contribution in [0.25, 0.3) is 0 Å². The average molecular weight is 420 g/mol. The summed E-state index contributed by atoms with van der Waals surface area (Å²) in [7, 11) is 0. The summed E-state index contributed by atoms with van der Waals surface area (Å²) in [5.41, 5.74) is 2.05. The molecule has 1 aliphatic heterocycles. The number of hydrogen-bond acceptors (Lipinski definition) is 4. The van der Waals surface area contributed by atoms with E-state index in [-0.39, 0.29) is 6.03 Å². The van der Waals surface area contributed by atoms with Crippen LogP contribution in [0.3, 0.4) is 0 Å². The van der Waals surface area contributed by atoms with E-state index in [2.05, 4.69) is 26.3 Å². The number of para-hydroxylation sites is 1. The number of aliphatic imine (C=N–C) groups is 1. The van der Waals surface area contributed by atoms with Gasteiger partial charge in [0.2, 0.25) is 0 Å². The number of nitrogens with zero attached hydrogens (tertiary/aromatic N) is 1. The predicted octanol–water partition coefficient (Wildman–Crippen LogP) is 4.30. The third-order valence-electron chi connectivity index (χ3n) is 4.51. The molecule has 2 aromatic rings. The molecule has 2 amide bonds. The van der Waals surface area contributed by atoms with Crippen molar-refractivity contribution < 1.29 is 4.79 Å². The van der Waals surface area contributed by atoms with Crippen LogP contribution in [-0.4, -0.2) is 37.5 Å². The first-order chi connectivity index (χ1) is 13.5. The van der Waals surface area contributed by atoms with Crippen molar-refractivity contribution >= 4 is 46.8 Å². The minimum atomic E-state index is -0.528. The van der Waals surface area contributed by atoms with Crippen LogP contribution in [0.5, 0.6) is 0 Å². The summed E-state index contributed by atoms with van der Waals surface area (Å²) in [6, 6.07) is 12.8. The molecule has 0 saturated heterocycles. The van der Waals surface area contributed by atoms with E-state index in [1.165, 1.54) is 0 Å². The minimum absolute atomic E-state index is 0.247. The summed E-state index contributed by atoms with van der Waals surface area (Å²) in [5, 5.41) is 13.5. The highest BCUT2D eigenvalue weighted by Gasteiger charge is 2.31. The molecule has 0 saturated carbocycles. The topological polar surface area (TPSA) is 77.6 Å². The Morgan fingerprint density at radius 2 is 1.89 bits per heavy atom. The molecule has 6 nitrogen and oxygen atoms in total. The monoisotopic (exact) mass is 419 g/mol. The lowest BCUT2D eigenvalue weighted by atomic mass is 10.1. The van der Waals surface area contributed by atoms with Gasteiger partial charge in [-0.1, -0.05) is 47.0 Å². The van der Waals surface area contributed by atoms with Gasteiger partial charge in [0.15, 0.2) is 0 Å². The molecule has 0 fully saturated rings. The Balaban J connectivity index is 1.52. The summed E-state index contributed by atoms with van der Waals surface area (Å²) in [5.74, 6) is 0. The fourth-order valence-corrected chi connectivity index (χ4v) is 3.48. The number of urea groups is 1. The molecule has 1 atom stereocenters. The number of benzene rings is 2. The molecule has 3 rings (SSSR count). The Bertz CT molecular complexity index is 836. The van der Waals surface area contributed by atoms with Gasteiger partial charge < -0.3 is 16.0 Å². The van der Waals surface area contributed by atoms with E-state index in [0.717, 1.165) is 11.3 Å². The molecule has 1 heterocycles. The first-order valence-corrected chi connectivity index (χ1v) is 9.81. The lowest BCUT2D eigenvalue weighted by molar-refractivity contribution is 0.250. The molecule has 1 unspecified atom stereocenters. The van der Waals surface area contributed by atoms with Crippen molar-refractivity contribution in [1.29, 1.82) is 0 Å². The van der Waals surface area contributed by atoms with Crippen molar-refractivity contribution in [3.63, 3.8) is 0 Å². The summed E-state index contributed by atoms with van der Waals surface area (Å²) in [6.45, 7) is 3.63. The molecular weight excluding hydrogens is 397 g/mol. The van der Waals surface area contributed by atoms with Crippen LogP contribution in [0.1, 0.15) is 12.0 Å². The van der Waals surface area contributed by atoms with Gasteiger partial charge in [0.25, 0.3) is 0 Å². The van der Waals surface area contributed by atoms with Gasteiger partial charge in [0.1, 0.15) is 5.66 Å². The van der Waals surface area contributed by atoms with E-state index < -0.39 is 5.66 Å². The number of amides is 2. The predicted molar refractivity (Wildman–Crippen MR) is 117 cm³/mol. The molecule has 0 aliphatic carbocycles. The van der Waals surface area contributed by atoms with E-state index in [9.17, 15) is 4.79 Å². The molecular formula is C20H23Cl2N5O. The molecule has 28 heavy (non-hydrogen) atoms. The second-order valence-corrected chi connectivity index (χ2v) is 7.49. The summed E-state index contributed by atoms with van der Waals surface area (Å²) in [4.78, 5) is 16.7. The maximum atomic E-state index is 12.1. The highest BCUT2D eigenvalue weighted by molar-refractivity contribution is 6.39. The lowest BCUT2D eigenvalue weighted by Gasteiger charge is -2.28. The summed E-state index contributed by atoms with van der Waals surface area (Å²) >= 11 is 12.4. The Kier molecular flexibility index (Phi) is 6.78. The van der Waals surface area contributed by atoms with E-state index >= 15 is 0 Å². The minimum Gasteiger partial charge on any atom is -0.379 e. The Morgan fingerprint density at radius 3 is 2.54 bits per heavy atom. The first kappa shape index (κ1) is 20.5. The van der Waals surface area contributed by atoms with Crippen LogP contribution in [-0.2, 0) is 0 Å². The Labute approximate surface area is 174 Å². The maximum absolute atomic E-state index is 12.1. The fraction of sp³-hybridized carbons (Fsp3) is 0.300. The lowest BCUT2D eigenvalue weighted by Crippen LogP contribution is -2.48. The van der Waals surface area contributed by atoms with E-state index in [0.29, 0.717) is 41.8 Å². The van der Waals surface area contributed by atoms with E-state index in [1.54, 1.807) is 18.2 Å². The normalized spacial score (nSPS) is 18.1. The zero-order chi connectivity index (χ0) is 20.0. The SMILES string of the molecule is Cc1ccc(NC(=O)NCCC2(CNc3c(Cl)cccc3Cl)N=CCN2)cc1. The van der Waals surface area contributed by atoms with Crippen LogP contribution in [0.2, 0.25) is 10.0 Å². The molecule has 0 radical (unpaired) electrons. The van der Waals surface area contributed by atoms with Crippen molar-refractivity contribution in [2.75, 3.05) is 30.3 Å². The van der Waals surface area contributed by atoms with Crippen LogP contribution in [0, 0.1) is 6.92 Å². The molecule has 2 aromatic carbocycles. The van der Waals surface area contributed by atoms with Gasteiger partial charge in [-0.2, -0.15) is 0 Å². The third kappa shape index (κ3) is 5.38. The number of aryl methyl sites for hydroxylation is 1. The fourth-order valence-electron chi connectivity index (χ4n) is 2.95. The molecule has 1 aliphatic rings. The summed E-state index contributed by atoms with van der Waals surface area (Å²) in [6.07, 6.45) is 2.45. The van der Waals surface area contributed by atoms with Crippen molar-refractivity contribution in [3.05, 3.63) is 58.1 Å². The zero-order valence-electron chi connectivity index (χ0n) is 15.6. The molecule has 0 spiro atoms. The van der Waals surface area contributed by atoms with Crippen molar-refractivity contribution in [3.8, 4) is 0 Å². The van der Waals surface area contributed by atoms with Gasteiger partial charge in [-0.3, -0.25) is 10.3 Å².